The first-order chi connectivity index (χ1) is 11.5. The molecule has 0 aliphatic carbocycles. The van der Waals surface area contributed by atoms with Gasteiger partial charge in [0.1, 0.15) is 11.5 Å². The van der Waals surface area contributed by atoms with Crippen LogP contribution in [-0.2, 0) is 0 Å². The number of nitrogens with two attached hydrogens (primary N) is 1. The third-order valence-electron chi connectivity index (χ3n) is 3.59. The van der Waals surface area contributed by atoms with Crippen molar-refractivity contribution in [1.82, 2.24) is 15.0 Å². The number of nitrogen functional groups attached to an aromatic ring is 1. The van der Waals surface area contributed by atoms with Gasteiger partial charge in [-0.25, -0.2) is 9.97 Å². The first-order valence-electron chi connectivity index (χ1n) is 6.96. The van der Waals surface area contributed by atoms with E-state index in [1.54, 1.807) is 18.3 Å². The number of anilines is 1. The van der Waals surface area contributed by atoms with Crippen LogP contribution in [0.4, 0.5) is 5.95 Å². The molecule has 0 atom stereocenters. The van der Waals surface area contributed by atoms with Crippen LogP contribution in [0.5, 0.6) is 11.5 Å². The van der Waals surface area contributed by atoms with Crippen molar-refractivity contribution < 1.29 is 9.47 Å². The van der Waals surface area contributed by atoms with Gasteiger partial charge >= 0.3 is 0 Å². The van der Waals surface area contributed by atoms with Gasteiger partial charge in [0.25, 0.3) is 0 Å². The van der Waals surface area contributed by atoms with E-state index >= 15 is 0 Å². The standard InChI is InChI=1S/C16H14Cl2N4O2/c1-7-15-8(6-20-16(19)22-15)4-9(21-7)12-13(17)10(23-2)5-11(24-3)14(12)18/h4-6H,1-3H3,(H2,19,20,22). The summed E-state index contributed by atoms with van der Waals surface area (Å²) in [5.74, 6) is 1.08. The Balaban J connectivity index is 2.33. The average molecular weight is 365 g/mol. The Hall–Kier alpha value is -2.31. The van der Waals surface area contributed by atoms with E-state index in [-0.39, 0.29) is 5.95 Å². The fraction of sp³-hybridized carbons (Fsp3) is 0.188. The highest BCUT2D eigenvalue weighted by molar-refractivity contribution is 6.41. The zero-order valence-corrected chi connectivity index (χ0v) is 14.7. The molecule has 8 heteroatoms. The monoisotopic (exact) mass is 364 g/mol. The van der Waals surface area contributed by atoms with Gasteiger partial charge in [0.05, 0.1) is 41.2 Å². The van der Waals surface area contributed by atoms with Crippen molar-refractivity contribution in [3.63, 3.8) is 0 Å². The molecule has 24 heavy (non-hydrogen) atoms. The summed E-state index contributed by atoms with van der Waals surface area (Å²) in [6.45, 7) is 1.83. The maximum atomic E-state index is 6.45. The van der Waals surface area contributed by atoms with Gasteiger partial charge in [-0.2, -0.15) is 0 Å². The van der Waals surface area contributed by atoms with Crippen molar-refractivity contribution in [2.45, 2.75) is 6.92 Å². The predicted molar refractivity (Wildman–Crippen MR) is 95.0 cm³/mol. The SMILES string of the molecule is COc1cc(OC)c(Cl)c(-c2cc3cnc(N)nc3c(C)n2)c1Cl. The lowest BCUT2D eigenvalue weighted by molar-refractivity contribution is 0.395. The maximum Gasteiger partial charge on any atom is 0.220 e. The van der Waals surface area contributed by atoms with Gasteiger partial charge in [-0.3, -0.25) is 4.98 Å². The number of halogens is 2. The van der Waals surface area contributed by atoms with Crippen LogP contribution in [0.15, 0.2) is 18.3 Å². The first-order valence-corrected chi connectivity index (χ1v) is 7.72. The molecular weight excluding hydrogens is 351 g/mol. The Bertz CT molecular complexity index is 919. The minimum absolute atomic E-state index is 0.194. The van der Waals surface area contributed by atoms with E-state index in [2.05, 4.69) is 15.0 Å². The zero-order valence-electron chi connectivity index (χ0n) is 13.2. The summed E-state index contributed by atoms with van der Waals surface area (Å²) in [5, 5.41) is 1.48. The van der Waals surface area contributed by atoms with Crippen LogP contribution in [0.25, 0.3) is 22.2 Å². The molecular formula is C16H14Cl2N4O2. The van der Waals surface area contributed by atoms with Crippen LogP contribution >= 0.6 is 23.2 Å². The summed E-state index contributed by atoms with van der Waals surface area (Å²) in [6.07, 6.45) is 1.63. The quantitative estimate of drug-likeness (QED) is 0.758. The zero-order chi connectivity index (χ0) is 17.4. The third-order valence-corrected chi connectivity index (χ3v) is 4.34. The number of aryl methyl sites for hydroxylation is 1. The molecule has 3 rings (SSSR count). The van der Waals surface area contributed by atoms with Crippen molar-refractivity contribution in [2.75, 3.05) is 20.0 Å². The van der Waals surface area contributed by atoms with Crippen LogP contribution in [0.2, 0.25) is 10.0 Å². The molecule has 0 saturated heterocycles. The van der Waals surface area contributed by atoms with Crippen molar-refractivity contribution in [3.05, 3.63) is 34.1 Å². The molecule has 0 aliphatic rings. The number of ether oxygens (including phenoxy) is 2. The third kappa shape index (κ3) is 2.68. The molecule has 0 amide bonds. The van der Waals surface area contributed by atoms with E-state index in [0.29, 0.717) is 44.0 Å². The second-order valence-corrected chi connectivity index (χ2v) is 5.80. The molecule has 3 aromatic rings. The van der Waals surface area contributed by atoms with Crippen LogP contribution in [0, 0.1) is 6.92 Å². The minimum Gasteiger partial charge on any atom is -0.495 e. The second kappa shape index (κ2) is 6.30. The van der Waals surface area contributed by atoms with Gasteiger partial charge in [0.2, 0.25) is 5.95 Å². The van der Waals surface area contributed by atoms with E-state index in [1.165, 1.54) is 14.2 Å². The van der Waals surface area contributed by atoms with Gasteiger partial charge in [-0.1, -0.05) is 23.2 Å². The number of nitrogens with zero attached hydrogens (tertiary/aromatic N) is 3. The molecule has 124 valence electrons. The van der Waals surface area contributed by atoms with Crippen molar-refractivity contribution >= 4 is 40.1 Å². The molecule has 0 bridgehead atoms. The topological polar surface area (TPSA) is 83.2 Å². The van der Waals surface area contributed by atoms with Gasteiger partial charge < -0.3 is 15.2 Å². The molecule has 1 aromatic carbocycles. The lowest BCUT2D eigenvalue weighted by atomic mass is 10.1. The van der Waals surface area contributed by atoms with Gasteiger partial charge in [-0.15, -0.1) is 0 Å². The summed E-state index contributed by atoms with van der Waals surface area (Å²) in [5.41, 5.74) is 8.10. The molecule has 2 N–H and O–H groups in total. The largest absolute Gasteiger partial charge is 0.495 e. The number of fused-ring (bicyclic) bond motifs is 1. The second-order valence-electron chi connectivity index (χ2n) is 5.04. The van der Waals surface area contributed by atoms with Crippen LogP contribution < -0.4 is 15.2 Å². The Kier molecular flexibility index (Phi) is 4.34. The van der Waals surface area contributed by atoms with Crippen LogP contribution in [0.3, 0.4) is 0 Å². The fourth-order valence-electron chi connectivity index (χ4n) is 2.45. The molecule has 0 fully saturated rings. The number of benzene rings is 1. The molecule has 6 nitrogen and oxygen atoms in total. The average Bonchev–Trinajstić information content (AvgIpc) is 2.56. The smallest absolute Gasteiger partial charge is 0.220 e. The van der Waals surface area contributed by atoms with Crippen molar-refractivity contribution in [2.24, 2.45) is 0 Å². The predicted octanol–water partition coefficient (Wildman–Crippen LogP) is 3.91. The summed E-state index contributed by atoms with van der Waals surface area (Å²) in [6, 6.07) is 3.43. The molecule has 0 saturated carbocycles. The molecule has 2 heterocycles. The number of pyridine rings is 1. The summed E-state index contributed by atoms with van der Waals surface area (Å²) < 4.78 is 10.6. The highest BCUT2D eigenvalue weighted by Gasteiger charge is 2.20. The lowest BCUT2D eigenvalue weighted by Crippen LogP contribution is -1.99. The van der Waals surface area contributed by atoms with Gasteiger partial charge in [0, 0.05) is 23.2 Å². The van der Waals surface area contributed by atoms with Crippen molar-refractivity contribution in [3.8, 4) is 22.8 Å². The van der Waals surface area contributed by atoms with E-state index in [9.17, 15) is 0 Å². The van der Waals surface area contributed by atoms with Crippen LogP contribution in [-0.4, -0.2) is 29.2 Å². The summed E-state index contributed by atoms with van der Waals surface area (Å²) in [7, 11) is 3.04. The van der Waals surface area contributed by atoms with Gasteiger partial charge in [0.15, 0.2) is 0 Å². The van der Waals surface area contributed by atoms with Gasteiger partial charge in [-0.05, 0) is 13.0 Å². The van der Waals surface area contributed by atoms with Crippen molar-refractivity contribution in [1.29, 1.82) is 0 Å². The number of rotatable bonds is 3. The first kappa shape index (κ1) is 16.5. The van der Waals surface area contributed by atoms with Crippen LogP contribution in [0.1, 0.15) is 5.69 Å². The van der Waals surface area contributed by atoms with E-state index < -0.39 is 0 Å². The molecule has 0 aliphatic heterocycles. The highest BCUT2D eigenvalue weighted by Crippen LogP contribution is 2.45. The van der Waals surface area contributed by atoms with E-state index in [1.807, 2.05) is 6.92 Å². The molecule has 0 radical (unpaired) electrons. The summed E-state index contributed by atoms with van der Waals surface area (Å²) in [4.78, 5) is 12.8. The van der Waals surface area contributed by atoms with E-state index in [4.69, 9.17) is 38.4 Å². The molecule has 0 unspecified atom stereocenters. The highest BCUT2D eigenvalue weighted by atomic mass is 35.5. The number of hydrogen-bond acceptors (Lipinski definition) is 6. The Labute approximate surface area is 148 Å². The maximum absolute atomic E-state index is 6.45. The number of methoxy groups -OCH3 is 2. The molecule has 0 spiro atoms. The Morgan fingerprint density at radius 3 is 2.21 bits per heavy atom. The molecule has 2 aromatic heterocycles. The normalized spacial score (nSPS) is 10.9. The summed E-state index contributed by atoms with van der Waals surface area (Å²) >= 11 is 12.9. The van der Waals surface area contributed by atoms with E-state index in [0.717, 1.165) is 5.39 Å². The number of aromatic nitrogens is 3. The number of hydrogen-bond donors (Lipinski definition) is 1. The minimum atomic E-state index is 0.194. The lowest BCUT2D eigenvalue weighted by Gasteiger charge is -2.15. The fourth-order valence-corrected chi connectivity index (χ4v) is 3.15. The Morgan fingerprint density at radius 1 is 1.00 bits per heavy atom. The Morgan fingerprint density at radius 2 is 1.62 bits per heavy atom.